The van der Waals surface area contributed by atoms with Crippen molar-refractivity contribution in [2.24, 2.45) is 5.92 Å². The number of carboxylic acids is 1. The van der Waals surface area contributed by atoms with Crippen LogP contribution in [0.2, 0.25) is 0 Å². The van der Waals surface area contributed by atoms with Crippen LogP contribution in [0.15, 0.2) is 12.1 Å². The molecule has 1 fully saturated rings. The van der Waals surface area contributed by atoms with Crippen LogP contribution in [-0.4, -0.2) is 32.4 Å². The largest absolute Gasteiger partial charge is 0.493 e. The molecule has 5 nitrogen and oxygen atoms in total. The van der Waals surface area contributed by atoms with Gasteiger partial charge in [-0.2, -0.15) is 0 Å². The summed E-state index contributed by atoms with van der Waals surface area (Å²) in [6.07, 6.45) is 2.30. The highest BCUT2D eigenvalue weighted by atomic mass is 16.5. The number of carbonyl (C=O) groups is 1. The second-order valence-corrected chi connectivity index (χ2v) is 5.34. The minimum absolute atomic E-state index is 0.00690. The van der Waals surface area contributed by atoms with Gasteiger partial charge in [0, 0.05) is 12.7 Å². The molecule has 0 aromatic heterocycles. The predicted molar refractivity (Wildman–Crippen MR) is 78.0 cm³/mol. The maximum atomic E-state index is 11.2. The normalized spacial score (nSPS) is 15.6. The maximum absolute atomic E-state index is 11.2. The van der Waals surface area contributed by atoms with Crippen molar-refractivity contribution < 1.29 is 24.1 Å². The van der Waals surface area contributed by atoms with E-state index in [1.807, 2.05) is 12.1 Å². The molecule has 5 heteroatoms. The van der Waals surface area contributed by atoms with Crippen LogP contribution in [0.3, 0.4) is 0 Å². The van der Waals surface area contributed by atoms with E-state index in [9.17, 15) is 9.90 Å². The van der Waals surface area contributed by atoms with Gasteiger partial charge in [-0.15, -0.1) is 0 Å². The summed E-state index contributed by atoms with van der Waals surface area (Å²) in [6.45, 7) is 0.374. The molecule has 116 valence electrons. The molecule has 1 atom stereocenters. The van der Waals surface area contributed by atoms with Crippen molar-refractivity contribution in [1.82, 2.24) is 0 Å². The molecule has 0 heterocycles. The number of ether oxygens (including phenoxy) is 3. The van der Waals surface area contributed by atoms with Crippen molar-refractivity contribution in [3.63, 3.8) is 0 Å². The topological polar surface area (TPSA) is 65.0 Å². The van der Waals surface area contributed by atoms with E-state index >= 15 is 0 Å². The van der Waals surface area contributed by atoms with Gasteiger partial charge in [0.2, 0.25) is 0 Å². The van der Waals surface area contributed by atoms with Gasteiger partial charge >= 0.3 is 5.97 Å². The van der Waals surface area contributed by atoms with Crippen molar-refractivity contribution >= 4 is 5.97 Å². The van der Waals surface area contributed by atoms with Gasteiger partial charge in [0.1, 0.15) is 0 Å². The molecule has 0 aliphatic heterocycles. The van der Waals surface area contributed by atoms with Crippen molar-refractivity contribution in [1.29, 1.82) is 0 Å². The molecule has 1 unspecified atom stereocenters. The lowest BCUT2D eigenvalue weighted by molar-refractivity contribution is -0.137. The van der Waals surface area contributed by atoms with E-state index < -0.39 is 5.97 Å². The van der Waals surface area contributed by atoms with Gasteiger partial charge in [-0.05, 0) is 36.3 Å². The van der Waals surface area contributed by atoms with Gasteiger partial charge in [0.05, 0.1) is 27.2 Å². The van der Waals surface area contributed by atoms with Gasteiger partial charge in [0.25, 0.3) is 0 Å². The first-order valence-electron chi connectivity index (χ1n) is 7.06. The quantitative estimate of drug-likeness (QED) is 0.798. The third-order valence-electron chi connectivity index (χ3n) is 3.96. The first-order valence-corrected chi connectivity index (χ1v) is 7.06. The molecular weight excluding hydrogens is 272 g/mol. The lowest BCUT2D eigenvalue weighted by Crippen LogP contribution is -2.12. The van der Waals surface area contributed by atoms with Crippen LogP contribution >= 0.6 is 0 Å². The molecular formula is C16H22O5. The molecule has 2 rings (SSSR count). The van der Waals surface area contributed by atoms with Crippen LogP contribution in [-0.2, 0) is 16.1 Å². The van der Waals surface area contributed by atoms with Crippen LogP contribution in [0.4, 0.5) is 0 Å². The van der Waals surface area contributed by atoms with Crippen LogP contribution in [0.1, 0.15) is 36.3 Å². The van der Waals surface area contributed by atoms with Crippen LogP contribution in [0.25, 0.3) is 0 Å². The van der Waals surface area contributed by atoms with E-state index in [1.54, 1.807) is 21.3 Å². The molecule has 0 radical (unpaired) electrons. The molecule has 1 aliphatic rings. The summed E-state index contributed by atoms with van der Waals surface area (Å²) < 4.78 is 16.1. The summed E-state index contributed by atoms with van der Waals surface area (Å²) in [6, 6.07) is 3.78. The second kappa shape index (κ2) is 6.80. The SMILES string of the molecule is COCc1c(C(CC(=O)O)C2CC2)ccc(OC)c1OC. The van der Waals surface area contributed by atoms with Crippen molar-refractivity contribution in [2.45, 2.75) is 31.8 Å². The summed E-state index contributed by atoms with van der Waals surface area (Å²) >= 11 is 0. The highest BCUT2D eigenvalue weighted by Crippen LogP contribution is 2.48. The molecule has 0 spiro atoms. The van der Waals surface area contributed by atoms with E-state index in [2.05, 4.69) is 0 Å². The lowest BCUT2D eigenvalue weighted by Gasteiger charge is -2.22. The van der Waals surface area contributed by atoms with Crippen molar-refractivity contribution in [3.8, 4) is 11.5 Å². The first-order chi connectivity index (χ1) is 10.1. The number of hydrogen-bond donors (Lipinski definition) is 1. The molecule has 1 aromatic rings. The van der Waals surface area contributed by atoms with Gasteiger partial charge in [-0.1, -0.05) is 6.07 Å². The fourth-order valence-electron chi connectivity index (χ4n) is 2.86. The zero-order valence-electron chi connectivity index (χ0n) is 12.7. The van der Waals surface area contributed by atoms with E-state index in [1.165, 1.54) is 0 Å². The Bertz CT molecular complexity index is 508. The number of rotatable bonds is 8. The molecule has 0 saturated heterocycles. The number of hydrogen-bond acceptors (Lipinski definition) is 4. The Morgan fingerprint density at radius 2 is 2.00 bits per heavy atom. The average molecular weight is 294 g/mol. The minimum Gasteiger partial charge on any atom is -0.493 e. The van der Waals surface area contributed by atoms with Crippen LogP contribution in [0.5, 0.6) is 11.5 Å². The highest BCUT2D eigenvalue weighted by Gasteiger charge is 2.36. The van der Waals surface area contributed by atoms with Gasteiger partial charge in [-0.3, -0.25) is 4.79 Å². The Labute approximate surface area is 124 Å². The van der Waals surface area contributed by atoms with Crippen molar-refractivity contribution in [2.75, 3.05) is 21.3 Å². The number of methoxy groups -OCH3 is 3. The monoisotopic (exact) mass is 294 g/mol. The molecule has 21 heavy (non-hydrogen) atoms. The lowest BCUT2D eigenvalue weighted by atomic mass is 9.87. The molecule has 1 aromatic carbocycles. The fourth-order valence-corrected chi connectivity index (χ4v) is 2.86. The summed E-state index contributed by atoms with van der Waals surface area (Å²) in [7, 11) is 4.79. The Morgan fingerprint density at radius 1 is 1.29 bits per heavy atom. The van der Waals surface area contributed by atoms with E-state index in [0.29, 0.717) is 24.0 Å². The molecule has 0 bridgehead atoms. The minimum atomic E-state index is -0.773. The van der Waals surface area contributed by atoms with Crippen LogP contribution in [0, 0.1) is 5.92 Å². The van der Waals surface area contributed by atoms with Gasteiger partial charge < -0.3 is 19.3 Å². The van der Waals surface area contributed by atoms with Crippen LogP contribution < -0.4 is 9.47 Å². The van der Waals surface area contributed by atoms with E-state index in [0.717, 1.165) is 24.0 Å². The Kier molecular flexibility index (Phi) is 5.07. The maximum Gasteiger partial charge on any atom is 0.303 e. The van der Waals surface area contributed by atoms with Gasteiger partial charge in [0.15, 0.2) is 11.5 Å². The summed E-state index contributed by atoms with van der Waals surface area (Å²) in [5.41, 5.74) is 1.89. The second-order valence-electron chi connectivity index (χ2n) is 5.34. The highest BCUT2D eigenvalue weighted by molar-refractivity contribution is 5.68. The molecule has 1 saturated carbocycles. The Balaban J connectivity index is 2.46. The first kappa shape index (κ1) is 15.6. The van der Waals surface area contributed by atoms with E-state index in [4.69, 9.17) is 14.2 Å². The summed E-state index contributed by atoms with van der Waals surface area (Å²) in [5, 5.41) is 9.18. The molecule has 1 N–H and O–H groups in total. The van der Waals surface area contributed by atoms with Gasteiger partial charge in [-0.25, -0.2) is 0 Å². The molecule has 0 amide bonds. The Morgan fingerprint density at radius 3 is 2.48 bits per heavy atom. The smallest absolute Gasteiger partial charge is 0.303 e. The number of aliphatic carboxylic acids is 1. The Hall–Kier alpha value is -1.75. The van der Waals surface area contributed by atoms with Crippen molar-refractivity contribution in [3.05, 3.63) is 23.3 Å². The summed E-state index contributed by atoms with van der Waals surface area (Å²) in [5.74, 6) is 0.943. The number of benzene rings is 1. The molecule has 1 aliphatic carbocycles. The third kappa shape index (κ3) is 3.47. The van der Waals surface area contributed by atoms with E-state index in [-0.39, 0.29) is 12.3 Å². The zero-order valence-corrected chi connectivity index (χ0v) is 12.7. The standard InChI is InChI=1S/C16H22O5/c1-19-9-13-11(6-7-14(20-2)16(13)21-3)12(8-15(17)18)10-4-5-10/h6-7,10,12H,4-5,8-9H2,1-3H3,(H,17,18). The zero-order chi connectivity index (χ0) is 15.4. The summed E-state index contributed by atoms with van der Waals surface area (Å²) in [4.78, 5) is 11.2. The predicted octanol–water partition coefficient (Wildman–Crippen LogP) is 2.82. The average Bonchev–Trinajstić information content (AvgIpc) is 3.29. The number of carboxylic acid groups (broad SMARTS) is 1. The third-order valence-corrected chi connectivity index (χ3v) is 3.96. The fraction of sp³-hybridized carbons (Fsp3) is 0.562.